The number of aryl methyl sites for hydroxylation is 1. The maximum Gasteiger partial charge on any atom is 0.282 e. The van der Waals surface area contributed by atoms with Crippen molar-refractivity contribution in [2.75, 3.05) is 41.2 Å². The highest BCUT2D eigenvalue weighted by Gasteiger charge is 2.30. The summed E-state index contributed by atoms with van der Waals surface area (Å²) >= 11 is 12.2. The van der Waals surface area contributed by atoms with E-state index in [-0.39, 0.29) is 16.5 Å². The van der Waals surface area contributed by atoms with E-state index in [1.165, 1.54) is 24.3 Å². The molecule has 0 atom stereocenters. The smallest absolute Gasteiger partial charge is 0.282 e. The molecule has 0 saturated heterocycles. The highest BCUT2D eigenvalue weighted by atomic mass is 35.5. The van der Waals surface area contributed by atoms with Crippen molar-refractivity contribution in [2.45, 2.75) is 11.8 Å². The second-order valence-corrected chi connectivity index (χ2v) is 9.90. The van der Waals surface area contributed by atoms with Gasteiger partial charge in [-0.05, 0) is 38.2 Å². The number of hydrogen-bond acceptors (Lipinski definition) is 6. The van der Waals surface area contributed by atoms with Crippen LogP contribution in [0.1, 0.15) is 5.69 Å². The number of anilines is 4. The fourth-order valence-corrected chi connectivity index (χ4v) is 4.67. The number of likely N-dealkylation sites (N-methyl/N-ethyl adjacent to an activating group) is 2. The van der Waals surface area contributed by atoms with Gasteiger partial charge in [0.1, 0.15) is 16.5 Å². The summed E-state index contributed by atoms with van der Waals surface area (Å²) < 4.78 is 54.8. The van der Waals surface area contributed by atoms with E-state index in [1.54, 1.807) is 21.0 Å². The van der Waals surface area contributed by atoms with E-state index < -0.39 is 26.6 Å². The number of rotatable bonds is 9. The van der Waals surface area contributed by atoms with Crippen LogP contribution in [0.25, 0.3) is 0 Å². The number of nitrogens with one attached hydrogen (secondary N) is 3. The monoisotopic (exact) mass is 518 g/mol. The average Bonchev–Trinajstić information content (AvgIpc) is 3.20. The van der Waals surface area contributed by atoms with Crippen molar-refractivity contribution in [3.63, 3.8) is 0 Å². The van der Waals surface area contributed by atoms with Gasteiger partial charge in [-0.1, -0.05) is 11.6 Å². The minimum absolute atomic E-state index is 0.0774. The van der Waals surface area contributed by atoms with Crippen LogP contribution in [0.4, 0.5) is 31.7 Å². The van der Waals surface area contributed by atoms with Crippen LogP contribution in [0.3, 0.4) is 0 Å². The molecule has 0 unspecified atom stereocenters. The first kappa shape index (κ1) is 25.0. The third-order valence-corrected chi connectivity index (χ3v) is 7.23. The molecule has 13 heteroatoms. The molecule has 33 heavy (non-hydrogen) atoms. The molecule has 0 saturated carbocycles. The largest absolute Gasteiger partial charge is 0.372 e. The van der Waals surface area contributed by atoms with E-state index in [1.807, 2.05) is 4.90 Å². The number of aromatic amines is 1. The Kier molecular flexibility index (Phi) is 7.68. The van der Waals surface area contributed by atoms with E-state index in [2.05, 4.69) is 20.8 Å². The predicted octanol–water partition coefficient (Wildman–Crippen LogP) is 4.40. The first-order valence-corrected chi connectivity index (χ1v) is 11.8. The van der Waals surface area contributed by atoms with Crippen LogP contribution in [-0.4, -0.2) is 45.8 Å². The molecule has 178 valence electrons. The molecule has 3 N–H and O–H groups in total. The van der Waals surface area contributed by atoms with E-state index in [0.717, 1.165) is 12.1 Å². The van der Waals surface area contributed by atoms with Gasteiger partial charge in [-0.2, -0.15) is 17.3 Å². The van der Waals surface area contributed by atoms with Gasteiger partial charge in [0.2, 0.25) is 0 Å². The van der Waals surface area contributed by atoms with E-state index in [4.69, 9.17) is 23.4 Å². The molecule has 0 amide bonds. The summed E-state index contributed by atoms with van der Waals surface area (Å²) in [6, 6.07) is 7.35. The molecular formula is C20H22Cl2F2N6O2S. The van der Waals surface area contributed by atoms with Crippen LogP contribution in [0.5, 0.6) is 0 Å². The summed E-state index contributed by atoms with van der Waals surface area (Å²) in [6.07, 6.45) is 0. The predicted molar refractivity (Wildman–Crippen MR) is 127 cm³/mol. The topological polar surface area (TPSA) is 93.4 Å². The van der Waals surface area contributed by atoms with Crippen molar-refractivity contribution >= 4 is 56.3 Å². The molecule has 0 aliphatic heterocycles. The summed E-state index contributed by atoms with van der Waals surface area (Å²) in [7, 11) is -0.918. The molecule has 3 rings (SSSR count). The van der Waals surface area contributed by atoms with Crippen LogP contribution in [-0.2, 0) is 10.0 Å². The first-order chi connectivity index (χ1) is 15.5. The molecule has 1 aromatic heterocycles. The van der Waals surface area contributed by atoms with Gasteiger partial charge in [0.15, 0.2) is 5.82 Å². The van der Waals surface area contributed by atoms with Gasteiger partial charge in [0, 0.05) is 49.7 Å². The van der Waals surface area contributed by atoms with Gasteiger partial charge in [-0.15, -0.1) is 0 Å². The lowest BCUT2D eigenvalue weighted by atomic mass is 10.2. The molecule has 0 fully saturated rings. The minimum Gasteiger partial charge on any atom is -0.372 e. The number of H-pyrrole nitrogens is 1. The van der Waals surface area contributed by atoms with Gasteiger partial charge in [-0.25, -0.2) is 8.78 Å². The molecular weight excluding hydrogens is 497 g/mol. The molecule has 0 aliphatic rings. The lowest BCUT2D eigenvalue weighted by Crippen LogP contribution is -2.27. The van der Waals surface area contributed by atoms with Gasteiger partial charge < -0.3 is 15.5 Å². The SMILES string of the molecule is CNCCN(C)c1cc(F)ccc1Nc1cc(F)c(S(=O)(=O)N(Cl)c2cc(C)[nH]n2)cc1Cl. The van der Waals surface area contributed by atoms with Crippen LogP contribution >= 0.6 is 23.4 Å². The Morgan fingerprint density at radius 2 is 1.88 bits per heavy atom. The standard InChI is InChI=1S/C20H22Cl2F2N6O2S/c1-12-8-20(28-27-12)30(22)33(31,32)19-10-14(21)17(11-15(19)24)26-16-5-4-13(23)9-18(16)29(3)7-6-25-2/h4-5,8-11,25-26H,6-7H2,1-3H3,(H,27,28). The maximum atomic E-state index is 14.9. The Balaban J connectivity index is 1.95. The molecule has 1 heterocycles. The first-order valence-electron chi connectivity index (χ1n) is 9.69. The minimum atomic E-state index is -4.49. The summed E-state index contributed by atoms with van der Waals surface area (Å²) in [5.41, 5.74) is 1.63. The third kappa shape index (κ3) is 5.49. The zero-order chi connectivity index (χ0) is 24.3. The third-order valence-electron chi connectivity index (χ3n) is 4.72. The Hall–Kier alpha value is -2.60. The number of halogens is 4. The molecule has 8 nitrogen and oxygen atoms in total. The summed E-state index contributed by atoms with van der Waals surface area (Å²) in [5.74, 6) is -1.64. The highest BCUT2D eigenvalue weighted by Crippen LogP contribution is 2.36. The Labute approximate surface area is 200 Å². The van der Waals surface area contributed by atoms with Crippen molar-refractivity contribution in [1.82, 2.24) is 15.5 Å². The maximum absolute atomic E-state index is 14.9. The van der Waals surface area contributed by atoms with Crippen molar-refractivity contribution < 1.29 is 17.2 Å². The Bertz CT molecular complexity index is 1260. The van der Waals surface area contributed by atoms with Crippen LogP contribution in [0.15, 0.2) is 41.3 Å². The number of benzene rings is 2. The van der Waals surface area contributed by atoms with Crippen LogP contribution in [0.2, 0.25) is 5.02 Å². The highest BCUT2D eigenvalue weighted by molar-refractivity contribution is 7.94. The lowest BCUT2D eigenvalue weighted by Gasteiger charge is -2.23. The fourth-order valence-electron chi connectivity index (χ4n) is 3.00. The van der Waals surface area contributed by atoms with E-state index >= 15 is 0 Å². The van der Waals surface area contributed by atoms with Crippen molar-refractivity contribution in [3.8, 4) is 0 Å². The Morgan fingerprint density at radius 1 is 1.15 bits per heavy atom. The Morgan fingerprint density at radius 3 is 2.52 bits per heavy atom. The van der Waals surface area contributed by atoms with Crippen LogP contribution in [0, 0.1) is 18.6 Å². The second-order valence-electron chi connectivity index (χ2n) is 7.20. The molecule has 0 spiro atoms. The molecule has 0 bridgehead atoms. The van der Waals surface area contributed by atoms with Gasteiger partial charge >= 0.3 is 0 Å². The summed E-state index contributed by atoms with van der Waals surface area (Å²) in [6.45, 7) is 2.89. The molecule has 2 aromatic carbocycles. The number of nitrogens with zero attached hydrogens (tertiary/aromatic N) is 3. The van der Waals surface area contributed by atoms with Gasteiger partial charge in [0.05, 0.1) is 22.1 Å². The summed E-state index contributed by atoms with van der Waals surface area (Å²) in [4.78, 5) is 1.08. The lowest BCUT2D eigenvalue weighted by molar-refractivity contribution is 0.568. The van der Waals surface area contributed by atoms with Crippen molar-refractivity contribution in [1.29, 1.82) is 0 Å². The van der Waals surface area contributed by atoms with Crippen molar-refractivity contribution in [2.24, 2.45) is 0 Å². The fraction of sp³-hybridized carbons (Fsp3) is 0.250. The normalized spacial score (nSPS) is 11.5. The van der Waals surface area contributed by atoms with E-state index in [0.29, 0.717) is 34.0 Å². The zero-order valence-corrected chi connectivity index (χ0v) is 20.3. The van der Waals surface area contributed by atoms with Gasteiger partial charge in [0.25, 0.3) is 10.0 Å². The molecule has 0 radical (unpaired) electrons. The number of aromatic nitrogens is 2. The summed E-state index contributed by atoms with van der Waals surface area (Å²) in [5, 5.41) is 12.2. The number of hydrogen-bond donors (Lipinski definition) is 3. The quantitative estimate of drug-likeness (QED) is 0.363. The molecule has 0 aliphatic carbocycles. The second kappa shape index (κ2) is 10.1. The van der Waals surface area contributed by atoms with Gasteiger partial charge in [-0.3, -0.25) is 5.10 Å². The number of sulfonamides is 1. The van der Waals surface area contributed by atoms with Crippen LogP contribution < -0.4 is 19.4 Å². The molecule has 3 aromatic rings. The zero-order valence-electron chi connectivity index (χ0n) is 18.0. The van der Waals surface area contributed by atoms with E-state index in [9.17, 15) is 17.2 Å². The average molecular weight is 519 g/mol. The van der Waals surface area contributed by atoms with Crippen molar-refractivity contribution in [3.05, 3.63) is 58.7 Å².